The number of hydrogen-bond acceptors (Lipinski definition) is 3. The molecule has 0 aliphatic carbocycles. The molecule has 2 rings (SSSR count). The average Bonchev–Trinajstić information content (AvgIpc) is 2.53. The molecule has 0 radical (unpaired) electrons. The van der Waals surface area contributed by atoms with Crippen LogP contribution in [0.1, 0.15) is 25.3 Å². The van der Waals surface area contributed by atoms with Crippen LogP contribution in [0.15, 0.2) is 30.3 Å². The molecule has 1 heterocycles. The molecule has 2 N–H and O–H groups in total. The molecule has 5 heteroatoms. The molecule has 0 saturated carbocycles. The van der Waals surface area contributed by atoms with Gasteiger partial charge in [0.25, 0.3) is 0 Å². The Morgan fingerprint density at radius 2 is 1.82 bits per heavy atom. The fourth-order valence-electron chi connectivity index (χ4n) is 2.69. The third-order valence-corrected chi connectivity index (χ3v) is 4.05. The lowest BCUT2D eigenvalue weighted by atomic mass is 9.97. The van der Waals surface area contributed by atoms with Crippen LogP contribution in [0.25, 0.3) is 0 Å². The van der Waals surface area contributed by atoms with E-state index in [1.807, 2.05) is 30.3 Å². The van der Waals surface area contributed by atoms with Gasteiger partial charge in [-0.3, -0.25) is 14.5 Å². The standard InChI is InChI=1S/C17H25N3O2/c1-14(21)18-11-16-7-9-20(10-8-16)13-17(22)19-12-15-5-3-2-4-6-15/h2-6,16H,7-13H2,1H3,(H,18,21)(H,19,22). The van der Waals surface area contributed by atoms with Gasteiger partial charge in [-0.15, -0.1) is 0 Å². The lowest BCUT2D eigenvalue weighted by Gasteiger charge is -2.31. The molecule has 0 bridgehead atoms. The minimum absolute atomic E-state index is 0.0303. The van der Waals surface area contributed by atoms with Gasteiger partial charge < -0.3 is 10.6 Å². The Morgan fingerprint density at radius 1 is 1.14 bits per heavy atom. The van der Waals surface area contributed by atoms with Crippen molar-refractivity contribution in [2.45, 2.75) is 26.3 Å². The van der Waals surface area contributed by atoms with Crippen LogP contribution in [0, 0.1) is 5.92 Å². The summed E-state index contributed by atoms with van der Waals surface area (Å²) in [4.78, 5) is 25.1. The molecular formula is C17H25N3O2. The predicted molar refractivity (Wildman–Crippen MR) is 86.1 cm³/mol. The lowest BCUT2D eigenvalue weighted by Crippen LogP contribution is -2.43. The van der Waals surface area contributed by atoms with E-state index in [0.717, 1.165) is 38.0 Å². The average molecular weight is 303 g/mol. The monoisotopic (exact) mass is 303 g/mol. The largest absolute Gasteiger partial charge is 0.356 e. The van der Waals surface area contributed by atoms with E-state index in [1.54, 1.807) is 6.92 Å². The fourth-order valence-corrected chi connectivity index (χ4v) is 2.69. The van der Waals surface area contributed by atoms with Crippen LogP contribution < -0.4 is 10.6 Å². The molecule has 0 unspecified atom stereocenters. The first-order chi connectivity index (χ1) is 10.6. The van der Waals surface area contributed by atoms with Gasteiger partial charge in [-0.1, -0.05) is 30.3 Å². The Hall–Kier alpha value is -1.88. The first-order valence-corrected chi connectivity index (χ1v) is 7.91. The van der Waals surface area contributed by atoms with Crippen LogP contribution in [0.3, 0.4) is 0 Å². The van der Waals surface area contributed by atoms with Gasteiger partial charge >= 0.3 is 0 Å². The Labute approximate surface area is 132 Å². The zero-order chi connectivity index (χ0) is 15.8. The van der Waals surface area contributed by atoms with Crippen LogP contribution >= 0.6 is 0 Å². The maximum Gasteiger partial charge on any atom is 0.234 e. The van der Waals surface area contributed by atoms with Crippen molar-refractivity contribution in [2.24, 2.45) is 5.92 Å². The van der Waals surface area contributed by atoms with Crippen LogP contribution in [-0.2, 0) is 16.1 Å². The summed E-state index contributed by atoms with van der Waals surface area (Å²) < 4.78 is 0. The summed E-state index contributed by atoms with van der Waals surface area (Å²) in [6, 6.07) is 9.93. The second kappa shape index (κ2) is 8.54. The zero-order valence-electron chi connectivity index (χ0n) is 13.2. The Morgan fingerprint density at radius 3 is 2.45 bits per heavy atom. The lowest BCUT2D eigenvalue weighted by molar-refractivity contribution is -0.122. The second-order valence-corrected chi connectivity index (χ2v) is 5.92. The predicted octanol–water partition coefficient (Wildman–Crippen LogP) is 1.15. The van der Waals surface area contributed by atoms with Crippen molar-refractivity contribution in [2.75, 3.05) is 26.2 Å². The van der Waals surface area contributed by atoms with Gasteiger partial charge in [0.05, 0.1) is 6.54 Å². The quantitative estimate of drug-likeness (QED) is 0.829. The summed E-state index contributed by atoms with van der Waals surface area (Å²) in [5.41, 5.74) is 1.12. The number of amides is 2. The molecule has 1 aliphatic heterocycles. The highest BCUT2D eigenvalue weighted by atomic mass is 16.2. The van der Waals surface area contributed by atoms with E-state index in [2.05, 4.69) is 15.5 Å². The van der Waals surface area contributed by atoms with E-state index in [9.17, 15) is 9.59 Å². The van der Waals surface area contributed by atoms with Crippen molar-refractivity contribution in [1.29, 1.82) is 0 Å². The number of benzene rings is 1. The fraction of sp³-hybridized carbons (Fsp3) is 0.529. The molecule has 5 nitrogen and oxygen atoms in total. The number of carbonyl (C=O) groups excluding carboxylic acids is 2. The maximum atomic E-state index is 12.0. The van der Waals surface area contributed by atoms with E-state index >= 15 is 0 Å². The molecule has 0 spiro atoms. The Bertz CT molecular complexity index is 482. The normalized spacial score (nSPS) is 16.2. The molecule has 120 valence electrons. The zero-order valence-corrected chi connectivity index (χ0v) is 13.2. The number of carbonyl (C=O) groups is 2. The number of hydrogen-bond donors (Lipinski definition) is 2. The number of piperidine rings is 1. The van der Waals surface area contributed by atoms with Crippen LogP contribution in [-0.4, -0.2) is 42.9 Å². The number of nitrogens with zero attached hydrogens (tertiary/aromatic N) is 1. The second-order valence-electron chi connectivity index (χ2n) is 5.92. The highest BCUT2D eigenvalue weighted by Crippen LogP contribution is 2.15. The van der Waals surface area contributed by atoms with E-state index in [-0.39, 0.29) is 11.8 Å². The molecule has 1 saturated heterocycles. The topological polar surface area (TPSA) is 61.4 Å². The molecule has 0 atom stereocenters. The van der Waals surface area contributed by atoms with Gasteiger partial charge in [0.2, 0.25) is 11.8 Å². The summed E-state index contributed by atoms with van der Waals surface area (Å²) >= 11 is 0. The van der Waals surface area contributed by atoms with Crippen molar-refractivity contribution < 1.29 is 9.59 Å². The molecule has 1 aromatic rings. The molecule has 1 fully saturated rings. The van der Waals surface area contributed by atoms with E-state index < -0.39 is 0 Å². The minimum Gasteiger partial charge on any atom is -0.356 e. The first-order valence-electron chi connectivity index (χ1n) is 7.91. The highest BCUT2D eigenvalue weighted by Gasteiger charge is 2.20. The van der Waals surface area contributed by atoms with Gasteiger partial charge in [0, 0.05) is 20.0 Å². The van der Waals surface area contributed by atoms with Crippen molar-refractivity contribution in [1.82, 2.24) is 15.5 Å². The third kappa shape index (κ3) is 5.85. The summed E-state index contributed by atoms with van der Waals surface area (Å²) in [5.74, 6) is 0.638. The molecule has 1 aliphatic rings. The summed E-state index contributed by atoms with van der Waals surface area (Å²) in [6.07, 6.45) is 2.07. The van der Waals surface area contributed by atoms with Crippen LogP contribution in [0.2, 0.25) is 0 Å². The van der Waals surface area contributed by atoms with Crippen molar-refractivity contribution in [3.8, 4) is 0 Å². The van der Waals surface area contributed by atoms with Gasteiger partial charge in [-0.25, -0.2) is 0 Å². The number of nitrogens with one attached hydrogen (secondary N) is 2. The molecule has 2 amide bonds. The van der Waals surface area contributed by atoms with E-state index in [0.29, 0.717) is 19.0 Å². The smallest absolute Gasteiger partial charge is 0.234 e. The maximum absolute atomic E-state index is 12.0. The van der Waals surface area contributed by atoms with Crippen molar-refractivity contribution in [3.63, 3.8) is 0 Å². The van der Waals surface area contributed by atoms with Crippen molar-refractivity contribution in [3.05, 3.63) is 35.9 Å². The van der Waals surface area contributed by atoms with Gasteiger partial charge in [0.1, 0.15) is 0 Å². The first kappa shape index (κ1) is 16.5. The van der Waals surface area contributed by atoms with E-state index in [4.69, 9.17) is 0 Å². The Balaban J connectivity index is 1.63. The van der Waals surface area contributed by atoms with Crippen LogP contribution in [0.5, 0.6) is 0 Å². The van der Waals surface area contributed by atoms with Gasteiger partial charge in [0.15, 0.2) is 0 Å². The molecular weight excluding hydrogens is 278 g/mol. The summed E-state index contributed by atoms with van der Waals surface area (Å²) in [7, 11) is 0. The highest BCUT2D eigenvalue weighted by molar-refractivity contribution is 5.78. The third-order valence-electron chi connectivity index (χ3n) is 4.05. The SMILES string of the molecule is CC(=O)NCC1CCN(CC(=O)NCc2ccccc2)CC1. The number of likely N-dealkylation sites (tertiary alicyclic amines) is 1. The summed E-state index contributed by atoms with van der Waals surface area (Å²) in [5, 5.41) is 5.83. The Kier molecular flexibility index (Phi) is 6.40. The van der Waals surface area contributed by atoms with Gasteiger partial charge in [-0.05, 0) is 37.4 Å². The molecule has 22 heavy (non-hydrogen) atoms. The number of rotatable bonds is 6. The molecule has 1 aromatic carbocycles. The molecule has 0 aromatic heterocycles. The minimum atomic E-state index is 0.0303. The van der Waals surface area contributed by atoms with Gasteiger partial charge in [-0.2, -0.15) is 0 Å². The van der Waals surface area contributed by atoms with Crippen molar-refractivity contribution >= 4 is 11.8 Å². The van der Waals surface area contributed by atoms with E-state index in [1.165, 1.54) is 0 Å². The summed E-state index contributed by atoms with van der Waals surface area (Å²) in [6.45, 7) is 5.18. The van der Waals surface area contributed by atoms with Crippen LogP contribution in [0.4, 0.5) is 0 Å².